The van der Waals surface area contributed by atoms with E-state index in [9.17, 15) is 31.2 Å². The van der Waals surface area contributed by atoms with Gasteiger partial charge >= 0.3 is 6.18 Å². The van der Waals surface area contributed by atoms with E-state index in [0.717, 1.165) is 17.7 Å². The van der Waals surface area contributed by atoms with Crippen LogP contribution >= 0.6 is 0 Å². The van der Waals surface area contributed by atoms with Crippen LogP contribution in [0.3, 0.4) is 0 Å². The second-order valence-corrected chi connectivity index (χ2v) is 11.0. The summed E-state index contributed by atoms with van der Waals surface area (Å²) in [5.41, 5.74) is 0.406. The molecule has 0 spiro atoms. The normalized spacial score (nSPS) is 18.2. The van der Waals surface area contributed by atoms with Crippen molar-refractivity contribution in [3.8, 4) is 5.75 Å². The van der Waals surface area contributed by atoms with Crippen molar-refractivity contribution in [2.24, 2.45) is 0 Å². The molecule has 0 radical (unpaired) electrons. The molecule has 0 aromatic heterocycles. The number of ketones is 1. The van der Waals surface area contributed by atoms with Crippen LogP contribution in [-0.2, 0) is 27.5 Å². The van der Waals surface area contributed by atoms with Crippen molar-refractivity contribution in [1.82, 2.24) is 4.31 Å². The number of carbonyl (C=O) groups excluding carboxylic acids is 2. The van der Waals surface area contributed by atoms with Crippen LogP contribution in [0.2, 0.25) is 0 Å². The first-order valence-electron chi connectivity index (χ1n) is 11.9. The Balaban J connectivity index is 1.33. The van der Waals surface area contributed by atoms with Gasteiger partial charge in [0.1, 0.15) is 12.4 Å². The Morgan fingerprint density at radius 1 is 0.947 bits per heavy atom. The average molecular weight is 545 g/mol. The molecule has 1 atom stereocenters. The minimum absolute atomic E-state index is 0.0313. The van der Waals surface area contributed by atoms with Crippen molar-refractivity contribution < 1.29 is 35.9 Å². The quantitative estimate of drug-likeness (QED) is 0.404. The van der Waals surface area contributed by atoms with E-state index < -0.39 is 39.5 Å². The molecule has 2 aliphatic heterocycles. The van der Waals surface area contributed by atoms with Crippen LogP contribution in [0.1, 0.15) is 34.3 Å². The minimum atomic E-state index is -4.46. The van der Waals surface area contributed by atoms with Gasteiger partial charge in [0.25, 0.3) is 11.7 Å². The van der Waals surface area contributed by atoms with Crippen LogP contribution in [0.15, 0.2) is 77.7 Å². The zero-order valence-electron chi connectivity index (χ0n) is 20.0. The summed E-state index contributed by atoms with van der Waals surface area (Å²) in [5, 5.41) is 0. The van der Waals surface area contributed by atoms with Crippen molar-refractivity contribution >= 4 is 27.4 Å². The molecule has 5 rings (SSSR count). The maximum absolute atomic E-state index is 13.5. The van der Waals surface area contributed by atoms with Gasteiger partial charge in [0.2, 0.25) is 10.0 Å². The Bertz CT molecular complexity index is 1470. The molecular formula is C27H23F3N2O5S. The van der Waals surface area contributed by atoms with Gasteiger partial charge in [-0.15, -0.1) is 0 Å². The highest BCUT2D eigenvalue weighted by molar-refractivity contribution is 7.89. The fourth-order valence-corrected chi connectivity index (χ4v) is 6.43. The number of Topliss-reactive ketones (excluding diaryl/α,β-unsaturated/α-hetero) is 1. The van der Waals surface area contributed by atoms with Gasteiger partial charge in [0.15, 0.2) is 0 Å². The Kier molecular flexibility index (Phi) is 6.74. The van der Waals surface area contributed by atoms with Gasteiger partial charge in [0, 0.05) is 6.54 Å². The Morgan fingerprint density at radius 3 is 2.34 bits per heavy atom. The topological polar surface area (TPSA) is 84.0 Å². The lowest BCUT2D eigenvalue weighted by atomic mass is 10.1. The molecule has 2 aliphatic rings. The predicted octanol–water partition coefficient (Wildman–Crippen LogP) is 4.67. The Labute approximate surface area is 217 Å². The third-order valence-electron chi connectivity index (χ3n) is 6.68. The molecule has 7 nitrogen and oxygen atoms in total. The van der Waals surface area contributed by atoms with Gasteiger partial charge in [-0.25, -0.2) is 8.42 Å². The third-order valence-corrected chi connectivity index (χ3v) is 8.63. The summed E-state index contributed by atoms with van der Waals surface area (Å²) in [6.45, 7) is 0.366. The number of fused-ring (bicyclic) bond motifs is 1. The molecule has 3 aromatic rings. The molecule has 1 fully saturated rings. The molecule has 38 heavy (non-hydrogen) atoms. The molecular weight excluding hydrogens is 521 g/mol. The summed E-state index contributed by atoms with van der Waals surface area (Å²) in [4.78, 5) is 26.6. The Hall–Kier alpha value is -3.70. The lowest BCUT2D eigenvalue weighted by Gasteiger charge is -2.24. The van der Waals surface area contributed by atoms with Crippen LogP contribution in [0.5, 0.6) is 5.75 Å². The lowest BCUT2D eigenvalue weighted by Crippen LogP contribution is -2.39. The number of hydrogen-bond donors (Lipinski definition) is 0. The van der Waals surface area contributed by atoms with Crippen LogP contribution in [0.25, 0.3) is 0 Å². The Morgan fingerprint density at radius 2 is 1.66 bits per heavy atom. The van der Waals surface area contributed by atoms with E-state index >= 15 is 0 Å². The number of halogens is 3. The molecule has 3 aromatic carbocycles. The minimum Gasteiger partial charge on any atom is -0.492 e. The highest BCUT2D eigenvalue weighted by Crippen LogP contribution is 2.35. The number of amides is 1. The lowest BCUT2D eigenvalue weighted by molar-refractivity contribution is -0.137. The second kappa shape index (κ2) is 9.88. The van der Waals surface area contributed by atoms with E-state index in [1.54, 1.807) is 0 Å². The maximum Gasteiger partial charge on any atom is 0.416 e. The first-order valence-corrected chi connectivity index (χ1v) is 13.4. The second-order valence-electron chi connectivity index (χ2n) is 9.13. The van der Waals surface area contributed by atoms with E-state index in [-0.39, 0.29) is 35.9 Å². The van der Waals surface area contributed by atoms with Crippen LogP contribution in [0, 0.1) is 0 Å². The molecule has 198 valence electrons. The molecule has 1 saturated heterocycles. The maximum atomic E-state index is 13.5. The number of nitrogens with zero attached hydrogens (tertiary/aromatic N) is 2. The van der Waals surface area contributed by atoms with Crippen LogP contribution in [-0.4, -0.2) is 43.6 Å². The van der Waals surface area contributed by atoms with E-state index in [0.29, 0.717) is 18.5 Å². The molecule has 0 unspecified atom stereocenters. The van der Waals surface area contributed by atoms with Crippen molar-refractivity contribution in [3.05, 3.63) is 89.5 Å². The molecule has 0 saturated carbocycles. The number of rotatable bonds is 7. The van der Waals surface area contributed by atoms with Gasteiger partial charge < -0.3 is 9.64 Å². The molecule has 0 bridgehead atoms. The fraction of sp³-hybridized carbons (Fsp3) is 0.259. The van der Waals surface area contributed by atoms with Crippen molar-refractivity contribution in [3.63, 3.8) is 0 Å². The van der Waals surface area contributed by atoms with E-state index in [4.69, 9.17) is 4.74 Å². The van der Waals surface area contributed by atoms with Gasteiger partial charge in [-0.3, -0.25) is 9.59 Å². The fourth-order valence-electron chi connectivity index (χ4n) is 4.72. The summed E-state index contributed by atoms with van der Waals surface area (Å²) in [6, 6.07) is 16.9. The zero-order valence-corrected chi connectivity index (χ0v) is 20.8. The van der Waals surface area contributed by atoms with Gasteiger partial charge in [-0.05, 0) is 60.9 Å². The number of anilines is 1. The number of benzene rings is 3. The largest absolute Gasteiger partial charge is 0.492 e. The molecule has 0 aliphatic carbocycles. The van der Waals surface area contributed by atoms with Crippen LogP contribution < -0.4 is 9.64 Å². The molecule has 1 amide bonds. The number of alkyl halides is 3. The standard InChI is InChI=1S/C27H23F3N2O5S/c28-27(29,30)19-8-10-21(11-9-19)37-17-20-7-4-14-32(20)38(35,36)22-12-13-24-23(15-22)25(33)26(34)31(24)16-18-5-2-1-3-6-18/h1-3,5-6,8-13,15,20H,4,7,14,16-17H2/t20-/m1/s1. The summed E-state index contributed by atoms with van der Waals surface area (Å²) in [6.07, 6.45) is -3.38. The van der Waals surface area contributed by atoms with Crippen molar-refractivity contribution in [2.75, 3.05) is 18.1 Å². The average Bonchev–Trinajstić information content (AvgIpc) is 3.47. The monoisotopic (exact) mass is 544 g/mol. The predicted molar refractivity (Wildman–Crippen MR) is 132 cm³/mol. The summed E-state index contributed by atoms with van der Waals surface area (Å²) >= 11 is 0. The van der Waals surface area contributed by atoms with Crippen molar-refractivity contribution in [1.29, 1.82) is 0 Å². The highest BCUT2D eigenvalue weighted by Gasteiger charge is 2.40. The first kappa shape index (κ1) is 25.9. The molecule has 0 N–H and O–H groups in total. The smallest absolute Gasteiger partial charge is 0.416 e. The van der Waals surface area contributed by atoms with Crippen LogP contribution in [0.4, 0.5) is 18.9 Å². The van der Waals surface area contributed by atoms with E-state index in [2.05, 4.69) is 0 Å². The van der Waals surface area contributed by atoms with Gasteiger partial charge in [0.05, 0.1) is 34.3 Å². The SMILES string of the molecule is O=C1C(=O)N(Cc2ccccc2)c2ccc(S(=O)(=O)N3CCC[C@@H]3COc3ccc(C(F)(F)F)cc3)cc21. The molecule has 11 heteroatoms. The van der Waals surface area contributed by atoms with Crippen molar-refractivity contribution in [2.45, 2.75) is 36.5 Å². The van der Waals surface area contributed by atoms with E-state index in [1.165, 1.54) is 39.5 Å². The molecule has 2 heterocycles. The number of carbonyl (C=O) groups is 2. The summed E-state index contributed by atoms with van der Waals surface area (Å²) in [7, 11) is -4.03. The summed E-state index contributed by atoms with van der Waals surface area (Å²) < 4.78 is 72.3. The third kappa shape index (κ3) is 4.91. The number of sulfonamides is 1. The van der Waals surface area contributed by atoms with Gasteiger partial charge in [-0.1, -0.05) is 30.3 Å². The zero-order chi connectivity index (χ0) is 27.1. The van der Waals surface area contributed by atoms with Gasteiger partial charge in [-0.2, -0.15) is 17.5 Å². The number of hydrogen-bond acceptors (Lipinski definition) is 5. The number of ether oxygens (including phenoxy) is 1. The first-order chi connectivity index (χ1) is 18.1. The summed E-state index contributed by atoms with van der Waals surface area (Å²) in [5.74, 6) is -1.29. The van der Waals surface area contributed by atoms with E-state index in [1.807, 2.05) is 30.3 Å². The highest BCUT2D eigenvalue weighted by atomic mass is 32.2.